The lowest BCUT2D eigenvalue weighted by Crippen LogP contribution is -2.56. The number of halogens is 1. The molecule has 160 valence electrons. The van der Waals surface area contributed by atoms with Gasteiger partial charge >= 0.3 is 0 Å². The molecular formula is C23H24FN5O2. The highest BCUT2D eigenvalue weighted by Gasteiger charge is 2.44. The SMILES string of the molecule is N#Cc1cc(N2C3CC[C@H]2CN(C(=O)COC2(c4ccncc4F)CCC2)C3)ccn1. The molecule has 4 heterocycles. The van der Waals surface area contributed by atoms with Crippen molar-refractivity contribution in [3.05, 3.63) is 53.9 Å². The molecule has 0 N–H and O–H groups in total. The number of piperazine rings is 1. The fourth-order valence-electron chi connectivity index (χ4n) is 5.19. The standard InChI is InChI=1S/C23H24FN5O2/c24-21-12-26-8-5-20(21)23(6-1-7-23)31-15-22(30)28-13-18-2-3-19(14-28)29(18)17-4-9-27-16(10-17)11-25/h4-5,8-10,12,18-19H,1-3,6-7,13-15H2/t18-,19?/m0/s1. The molecule has 8 heteroatoms. The van der Waals surface area contributed by atoms with Crippen molar-refractivity contribution in [2.75, 3.05) is 24.6 Å². The molecule has 2 saturated heterocycles. The summed E-state index contributed by atoms with van der Waals surface area (Å²) in [6.45, 7) is 1.20. The van der Waals surface area contributed by atoms with Crippen molar-refractivity contribution in [3.8, 4) is 6.07 Å². The summed E-state index contributed by atoms with van der Waals surface area (Å²) in [5.41, 5.74) is 1.17. The van der Waals surface area contributed by atoms with Crippen LogP contribution in [0.15, 0.2) is 36.8 Å². The monoisotopic (exact) mass is 421 g/mol. The Bertz CT molecular complexity index is 1020. The lowest BCUT2D eigenvalue weighted by molar-refractivity contribution is -0.155. The number of hydrogen-bond donors (Lipinski definition) is 0. The molecule has 2 aliphatic heterocycles. The Kier molecular flexibility index (Phi) is 5.06. The smallest absolute Gasteiger partial charge is 0.248 e. The number of anilines is 1. The molecular weight excluding hydrogens is 397 g/mol. The molecule has 0 spiro atoms. The number of amides is 1. The van der Waals surface area contributed by atoms with Crippen molar-refractivity contribution in [1.82, 2.24) is 14.9 Å². The van der Waals surface area contributed by atoms with Gasteiger partial charge in [-0.25, -0.2) is 9.37 Å². The Morgan fingerprint density at radius 3 is 2.68 bits per heavy atom. The highest BCUT2D eigenvalue weighted by atomic mass is 19.1. The van der Waals surface area contributed by atoms with Gasteiger partial charge in [0.15, 0.2) is 0 Å². The second kappa shape index (κ2) is 7.89. The molecule has 2 bridgehead atoms. The van der Waals surface area contributed by atoms with Gasteiger partial charge in [-0.2, -0.15) is 5.26 Å². The van der Waals surface area contributed by atoms with Gasteiger partial charge in [-0.15, -0.1) is 0 Å². The van der Waals surface area contributed by atoms with Gasteiger partial charge in [0.05, 0.1) is 11.8 Å². The van der Waals surface area contributed by atoms with Gasteiger partial charge in [-0.3, -0.25) is 9.78 Å². The molecule has 5 rings (SSSR count). The minimum absolute atomic E-state index is 0.0466. The Hall–Kier alpha value is -3.05. The average Bonchev–Trinajstić information content (AvgIpc) is 3.03. The third kappa shape index (κ3) is 3.53. The summed E-state index contributed by atoms with van der Waals surface area (Å²) in [5, 5.41) is 9.15. The molecule has 3 fully saturated rings. The van der Waals surface area contributed by atoms with E-state index in [2.05, 4.69) is 20.9 Å². The number of carbonyl (C=O) groups is 1. The molecule has 3 aliphatic rings. The predicted molar refractivity (Wildman–Crippen MR) is 110 cm³/mol. The van der Waals surface area contributed by atoms with Crippen LogP contribution in [0.3, 0.4) is 0 Å². The van der Waals surface area contributed by atoms with Crippen LogP contribution in [0.1, 0.15) is 43.4 Å². The Labute approximate surface area is 180 Å². The number of ether oxygens (including phenoxy) is 1. The highest BCUT2D eigenvalue weighted by molar-refractivity contribution is 5.78. The van der Waals surface area contributed by atoms with E-state index < -0.39 is 5.60 Å². The maximum absolute atomic E-state index is 14.3. The zero-order valence-corrected chi connectivity index (χ0v) is 17.2. The van der Waals surface area contributed by atoms with Crippen molar-refractivity contribution in [1.29, 1.82) is 5.26 Å². The van der Waals surface area contributed by atoms with Gasteiger partial charge < -0.3 is 14.5 Å². The molecule has 0 radical (unpaired) electrons. The molecule has 0 aromatic carbocycles. The number of nitriles is 1. The maximum atomic E-state index is 14.3. The fourth-order valence-corrected chi connectivity index (χ4v) is 5.19. The number of fused-ring (bicyclic) bond motifs is 2. The van der Waals surface area contributed by atoms with E-state index in [0.717, 1.165) is 24.9 Å². The molecule has 2 aromatic rings. The molecule has 7 nitrogen and oxygen atoms in total. The predicted octanol–water partition coefficient (Wildman–Crippen LogP) is 2.76. The van der Waals surface area contributed by atoms with Crippen LogP contribution in [0.25, 0.3) is 0 Å². The molecule has 1 unspecified atom stereocenters. The Morgan fingerprint density at radius 2 is 2.03 bits per heavy atom. The number of aromatic nitrogens is 2. The average molecular weight is 421 g/mol. The second-order valence-electron chi connectivity index (χ2n) is 8.59. The van der Waals surface area contributed by atoms with E-state index in [-0.39, 0.29) is 30.4 Å². The molecule has 31 heavy (non-hydrogen) atoms. The van der Waals surface area contributed by atoms with Crippen LogP contribution in [-0.4, -0.2) is 52.6 Å². The van der Waals surface area contributed by atoms with Crippen LogP contribution in [0, 0.1) is 17.1 Å². The van der Waals surface area contributed by atoms with E-state index in [0.29, 0.717) is 37.2 Å². The lowest BCUT2D eigenvalue weighted by atomic mass is 9.75. The summed E-state index contributed by atoms with van der Waals surface area (Å²) < 4.78 is 20.3. The van der Waals surface area contributed by atoms with Crippen molar-refractivity contribution in [2.24, 2.45) is 0 Å². The van der Waals surface area contributed by atoms with Gasteiger partial charge in [-0.1, -0.05) is 0 Å². The van der Waals surface area contributed by atoms with Gasteiger partial charge in [0, 0.05) is 48.8 Å². The highest BCUT2D eigenvalue weighted by Crippen LogP contribution is 2.45. The minimum atomic E-state index is -0.714. The van der Waals surface area contributed by atoms with Crippen molar-refractivity contribution in [3.63, 3.8) is 0 Å². The van der Waals surface area contributed by atoms with E-state index in [1.807, 2.05) is 17.0 Å². The van der Waals surface area contributed by atoms with Crippen molar-refractivity contribution >= 4 is 11.6 Å². The largest absolute Gasteiger partial charge is 0.362 e. The van der Waals surface area contributed by atoms with Crippen molar-refractivity contribution < 1.29 is 13.9 Å². The number of carbonyl (C=O) groups excluding carboxylic acids is 1. The van der Waals surface area contributed by atoms with Crippen LogP contribution in [0.4, 0.5) is 10.1 Å². The Balaban J connectivity index is 1.25. The first kappa shape index (κ1) is 19.9. The number of pyridine rings is 2. The second-order valence-corrected chi connectivity index (χ2v) is 8.59. The molecule has 2 atom stereocenters. The zero-order valence-electron chi connectivity index (χ0n) is 17.2. The van der Waals surface area contributed by atoms with Crippen LogP contribution < -0.4 is 4.90 Å². The van der Waals surface area contributed by atoms with Gasteiger partial charge in [0.25, 0.3) is 0 Å². The number of rotatable bonds is 5. The topological polar surface area (TPSA) is 82.4 Å². The minimum Gasteiger partial charge on any atom is -0.362 e. The molecule has 1 saturated carbocycles. The van der Waals surface area contributed by atoms with E-state index in [1.54, 1.807) is 18.5 Å². The number of nitrogens with zero attached hydrogens (tertiary/aromatic N) is 5. The van der Waals surface area contributed by atoms with Crippen LogP contribution >= 0.6 is 0 Å². The van der Waals surface area contributed by atoms with Gasteiger partial charge in [0.1, 0.15) is 24.2 Å². The number of hydrogen-bond acceptors (Lipinski definition) is 6. The summed E-state index contributed by atoms with van der Waals surface area (Å²) in [6.07, 6.45) is 8.82. The van der Waals surface area contributed by atoms with E-state index in [4.69, 9.17) is 10.00 Å². The van der Waals surface area contributed by atoms with Crippen LogP contribution in [0.5, 0.6) is 0 Å². The summed E-state index contributed by atoms with van der Waals surface area (Å²) in [6, 6.07) is 7.92. The quantitative estimate of drug-likeness (QED) is 0.738. The Morgan fingerprint density at radius 1 is 1.26 bits per heavy atom. The third-order valence-electron chi connectivity index (χ3n) is 6.89. The molecule has 1 aliphatic carbocycles. The fraction of sp³-hybridized carbons (Fsp3) is 0.478. The van der Waals surface area contributed by atoms with Gasteiger partial charge in [0.2, 0.25) is 5.91 Å². The lowest BCUT2D eigenvalue weighted by Gasteiger charge is -2.44. The zero-order chi connectivity index (χ0) is 21.4. The van der Waals surface area contributed by atoms with Crippen molar-refractivity contribution in [2.45, 2.75) is 49.8 Å². The molecule has 1 amide bonds. The van der Waals surface area contributed by atoms with E-state index in [9.17, 15) is 9.18 Å². The maximum Gasteiger partial charge on any atom is 0.248 e. The van der Waals surface area contributed by atoms with Crippen LogP contribution in [0.2, 0.25) is 0 Å². The summed E-state index contributed by atoms with van der Waals surface area (Å²) >= 11 is 0. The van der Waals surface area contributed by atoms with Gasteiger partial charge in [-0.05, 0) is 50.3 Å². The summed E-state index contributed by atoms with van der Waals surface area (Å²) in [7, 11) is 0. The van der Waals surface area contributed by atoms with E-state index in [1.165, 1.54) is 6.20 Å². The summed E-state index contributed by atoms with van der Waals surface area (Å²) in [4.78, 5) is 25.1. The summed E-state index contributed by atoms with van der Waals surface area (Å²) in [5.74, 6) is -0.430. The normalized spacial score (nSPS) is 23.9. The first-order chi connectivity index (χ1) is 15.1. The number of likely N-dealkylation sites (tertiary alicyclic amines) is 1. The van der Waals surface area contributed by atoms with Crippen LogP contribution in [-0.2, 0) is 15.1 Å². The molecule has 2 aromatic heterocycles. The first-order valence-corrected chi connectivity index (χ1v) is 10.8. The first-order valence-electron chi connectivity index (χ1n) is 10.8. The third-order valence-corrected chi connectivity index (χ3v) is 6.89. The van der Waals surface area contributed by atoms with E-state index >= 15 is 0 Å².